The van der Waals surface area contributed by atoms with Crippen LogP contribution >= 0.6 is 0 Å². The van der Waals surface area contributed by atoms with E-state index in [9.17, 15) is 9.59 Å². The van der Waals surface area contributed by atoms with Crippen molar-refractivity contribution in [1.82, 2.24) is 20.0 Å². The van der Waals surface area contributed by atoms with E-state index < -0.39 is 5.54 Å². The SMILES string of the molecule is CC(C)n1ccc(CN2CC(=O)NC3(CCCC3)C2=O)n1. The molecular weight excluding hydrogens is 268 g/mol. The van der Waals surface area contributed by atoms with Crippen molar-refractivity contribution in [3.63, 3.8) is 0 Å². The lowest BCUT2D eigenvalue weighted by Gasteiger charge is -2.39. The molecule has 1 saturated carbocycles. The van der Waals surface area contributed by atoms with Crippen molar-refractivity contribution in [3.8, 4) is 0 Å². The van der Waals surface area contributed by atoms with E-state index in [1.54, 1.807) is 4.90 Å². The van der Waals surface area contributed by atoms with E-state index in [0.29, 0.717) is 12.6 Å². The zero-order valence-corrected chi connectivity index (χ0v) is 12.6. The molecule has 0 bridgehead atoms. The molecule has 1 saturated heterocycles. The van der Waals surface area contributed by atoms with Gasteiger partial charge in [0.1, 0.15) is 12.1 Å². The van der Waals surface area contributed by atoms with Crippen LogP contribution in [0.4, 0.5) is 0 Å². The summed E-state index contributed by atoms with van der Waals surface area (Å²) in [6.45, 7) is 4.66. The van der Waals surface area contributed by atoms with E-state index in [4.69, 9.17) is 0 Å². The predicted molar refractivity (Wildman–Crippen MR) is 77.4 cm³/mol. The number of nitrogens with one attached hydrogen (secondary N) is 1. The van der Waals surface area contributed by atoms with Crippen molar-refractivity contribution in [2.24, 2.45) is 0 Å². The molecule has 21 heavy (non-hydrogen) atoms. The quantitative estimate of drug-likeness (QED) is 0.910. The molecule has 0 atom stereocenters. The highest BCUT2D eigenvalue weighted by atomic mass is 16.2. The number of carbonyl (C=O) groups excluding carboxylic acids is 2. The van der Waals surface area contributed by atoms with Crippen molar-refractivity contribution >= 4 is 11.8 Å². The Morgan fingerprint density at radius 1 is 1.33 bits per heavy atom. The van der Waals surface area contributed by atoms with E-state index in [2.05, 4.69) is 24.3 Å². The maximum absolute atomic E-state index is 12.7. The Morgan fingerprint density at radius 2 is 2.05 bits per heavy atom. The fourth-order valence-corrected chi connectivity index (χ4v) is 3.30. The van der Waals surface area contributed by atoms with Gasteiger partial charge in [-0.25, -0.2) is 0 Å². The van der Waals surface area contributed by atoms with E-state index in [0.717, 1.165) is 31.4 Å². The van der Waals surface area contributed by atoms with Crippen LogP contribution < -0.4 is 5.32 Å². The molecule has 0 radical (unpaired) electrons. The fraction of sp³-hybridized carbons (Fsp3) is 0.667. The predicted octanol–water partition coefficient (Wildman–Crippen LogP) is 1.24. The van der Waals surface area contributed by atoms with Crippen molar-refractivity contribution in [2.45, 2.75) is 57.7 Å². The molecule has 6 heteroatoms. The summed E-state index contributed by atoms with van der Waals surface area (Å²) in [5, 5.41) is 7.39. The number of amides is 2. The summed E-state index contributed by atoms with van der Waals surface area (Å²) >= 11 is 0. The van der Waals surface area contributed by atoms with Gasteiger partial charge in [-0.2, -0.15) is 5.10 Å². The summed E-state index contributed by atoms with van der Waals surface area (Å²) in [5.41, 5.74) is 0.190. The molecule has 114 valence electrons. The van der Waals surface area contributed by atoms with Crippen molar-refractivity contribution in [2.75, 3.05) is 6.54 Å². The molecule has 0 aromatic carbocycles. The third-order valence-corrected chi connectivity index (χ3v) is 4.41. The van der Waals surface area contributed by atoms with Gasteiger partial charge in [0, 0.05) is 12.2 Å². The monoisotopic (exact) mass is 290 g/mol. The van der Waals surface area contributed by atoms with Gasteiger partial charge < -0.3 is 10.2 Å². The van der Waals surface area contributed by atoms with Crippen LogP contribution in [0, 0.1) is 0 Å². The number of hydrogen-bond acceptors (Lipinski definition) is 3. The van der Waals surface area contributed by atoms with Crippen LogP contribution in [0.5, 0.6) is 0 Å². The summed E-state index contributed by atoms with van der Waals surface area (Å²) < 4.78 is 1.87. The topological polar surface area (TPSA) is 67.2 Å². The molecule has 2 heterocycles. The maximum atomic E-state index is 12.7. The first-order chi connectivity index (χ1) is 10.00. The first kappa shape index (κ1) is 14.1. The molecule has 1 spiro atoms. The molecule has 2 fully saturated rings. The lowest BCUT2D eigenvalue weighted by molar-refractivity contribution is -0.150. The van der Waals surface area contributed by atoms with Gasteiger partial charge in [-0.1, -0.05) is 12.8 Å². The van der Waals surface area contributed by atoms with Crippen LogP contribution in [-0.4, -0.2) is 38.6 Å². The average Bonchev–Trinajstić information content (AvgIpc) is 3.05. The minimum atomic E-state index is -0.643. The number of carbonyl (C=O) groups is 2. The Hall–Kier alpha value is -1.85. The van der Waals surface area contributed by atoms with Crippen molar-refractivity contribution in [1.29, 1.82) is 0 Å². The number of aromatic nitrogens is 2. The van der Waals surface area contributed by atoms with Gasteiger partial charge in [0.15, 0.2) is 0 Å². The molecule has 3 rings (SSSR count). The molecule has 1 aliphatic carbocycles. The van der Waals surface area contributed by atoms with Crippen LogP contribution in [-0.2, 0) is 16.1 Å². The second-order valence-electron chi connectivity index (χ2n) is 6.38. The fourth-order valence-electron chi connectivity index (χ4n) is 3.30. The molecule has 2 amide bonds. The zero-order chi connectivity index (χ0) is 15.0. The Bertz CT molecular complexity index is 558. The van der Waals surface area contributed by atoms with Crippen LogP contribution in [0.1, 0.15) is 51.3 Å². The second-order valence-corrected chi connectivity index (χ2v) is 6.38. The van der Waals surface area contributed by atoms with Gasteiger partial charge in [-0.05, 0) is 32.8 Å². The minimum absolute atomic E-state index is 0.0543. The molecule has 0 unspecified atom stereocenters. The van der Waals surface area contributed by atoms with Crippen LogP contribution in [0.3, 0.4) is 0 Å². The number of nitrogens with zero attached hydrogens (tertiary/aromatic N) is 3. The van der Waals surface area contributed by atoms with Crippen LogP contribution in [0.2, 0.25) is 0 Å². The molecule has 1 aromatic rings. The molecule has 6 nitrogen and oxygen atoms in total. The minimum Gasteiger partial charge on any atom is -0.340 e. The third-order valence-electron chi connectivity index (χ3n) is 4.41. The summed E-state index contributed by atoms with van der Waals surface area (Å²) in [6, 6.07) is 2.21. The van der Waals surface area contributed by atoms with Crippen LogP contribution in [0.15, 0.2) is 12.3 Å². The van der Waals surface area contributed by atoms with Gasteiger partial charge in [0.2, 0.25) is 11.8 Å². The lowest BCUT2D eigenvalue weighted by atomic mass is 9.93. The number of rotatable bonds is 3. The maximum Gasteiger partial charge on any atom is 0.249 e. The third kappa shape index (κ3) is 2.54. The number of hydrogen-bond donors (Lipinski definition) is 1. The Morgan fingerprint density at radius 3 is 2.67 bits per heavy atom. The molecule has 2 aliphatic rings. The second kappa shape index (κ2) is 5.16. The van der Waals surface area contributed by atoms with E-state index in [1.807, 2.05) is 16.9 Å². The van der Waals surface area contributed by atoms with Crippen molar-refractivity contribution < 1.29 is 9.59 Å². The Kier molecular flexibility index (Phi) is 3.47. The lowest BCUT2D eigenvalue weighted by Crippen LogP contribution is -2.65. The highest BCUT2D eigenvalue weighted by Gasteiger charge is 2.48. The normalized spacial score (nSPS) is 21.4. The molecular formula is C15H22N4O2. The van der Waals surface area contributed by atoms with Crippen molar-refractivity contribution in [3.05, 3.63) is 18.0 Å². The molecule has 1 aromatic heterocycles. The highest BCUT2D eigenvalue weighted by Crippen LogP contribution is 2.33. The van der Waals surface area contributed by atoms with Gasteiger partial charge in [0.25, 0.3) is 0 Å². The van der Waals surface area contributed by atoms with Crippen LogP contribution in [0.25, 0.3) is 0 Å². The van der Waals surface area contributed by atoms with E-state index in [-0.39, 0.29) is 18.4 Å². The summed E-state index contributed by atoms with van der Waals surface area (Å²) in [4.78, 5) is 26.3. The first-order valence-electron chi connectivity index (χ1n) is 7.65. The van der Waals surface area contributed by atoms with Gasteiger partial charge >= 0.3 is 0 Å². The molecule has 1 N–H and O–H groups in total. The van der Waals surface area contributed by atoms with E-state index >= 15 is 0 Å². The first-order valence-corrected chi connectivity index (χ1v) is 7.65. The zero-order valence-electron chi connectivity index (χ0n) is 12.6. The van der Waals surface area contributed by atoms with Gasteiger partial charge in [-0.3, -0.25) is 14.3 Å². The molecule has 1 aliphatic heterocycles. The summed E-state index contributed by atoms with van der Waals surface area (Å²) in [6.07, 6.45) is 5.44. The highest BCUT2D eigenvalue weighted by molar-refractivity contribution is 5.98. The average molecular weight is 290 g/mol. The largest absolute Gasteiger partial charge is 0.340 e. The van der Waals surface area contributed by atoms with E-state index in [1.165, 1.54) is 0 Å². The summed E-state index contributed by atoms with van der Waals surface area (Å²) in [5.74, 6) is -0.00140. The van der Waals surface area contributed by atoms with Gasteiger partial charge in [-0.15, -0.1) is 0 Å². The summed E-state index contributed by atoms with van der Waals surface area (Å²) in [7, 11) is 0. The number of piperazine rings is 1. The smallest absolute Gasteiger partial charge is 0.249 e. The Labute approximate surface area is 124 Å². The standard InChI is InChI=1S/C15H22N4O2/c1-11(2)19-8-5-12(17-19)9-18-10-13(20)16-15(14(18)21)6-3-4-7-15/h5,8,11H,3-4,6-7,9-10H2,1-2H3,(H,16,20). The van der Waals surface area contributed by atoms with Gasteiger partial charge in [0.05, 0.1) is 12.2 Å². The Balaban J connectivity index is 1.77.